The number of benzene rings is 2. The van der Waals surface area contributed by atoms with Gasteiger partial charge < -0.3 is 15.3 Å². The van der Waals surface area contributed by atoms with Crippen molar-refractivity contribution in [2.45, 2.75) is 0 Å². The summed E-state index contributed by atoms with van der Waals surface area (Å²) < 4.78 is 0. The smallest absolute Gasteiger partial charge is 0.277 e. The van der Waals surface area contributed by atoms with Crippen LogP contribution in [-0.4, -0.2) is 20.2 Å². The minimum atomic E-state index is -0.610. The SMILES string of the molecule is O=[N+]([O-])/C(=C/c1ccc(O)cc1)c1cc(O)cc(O)c1. The molecule has 0 aliphatic rings. The van der Waals surface area contributed by atoms with E-state index in [1.807, 2.05) is 0 Å². The molecule has 0 atom stereocenters. The van der Waals surface area contributed by atoms with Gasteiger partial charge in [-0.15, -0.1) is 0 Å². The van der Waals surface area contributed by atoms with Gasteiger partial charge >= 0.3 is 0 Å². The maximum absolute atomic E-state index is 11.1. The zero-order valence-electron chi connectivity index (χ0n) is 10.2. The Morgan fingerprint density at radius 2 is 1.50 bits per heavy atom. The molecular weight excluding hydrogens is 262 g/mol. The average Bonchev–Trinajstić information content (AvgIpc) is 2.36. The van der Waals surface area contributed by atoms with E-state index >= 15 is 0 Å². The summed E-state index contributed by atoms with van der Waals surface area (Å²) in [5.41, 5.74) is 0.319. The average molecular weight is 273 g/mol. The van der Waals surface area contributed by atoms with Crippen molar-refractivity contribution in [1.29, 1.82) is 0 Å². The van der Waals surface area contributed by atoms with E-state index in [1.165, 1.54) is 42.5 Å². The molecule has 2 aromatic carbocycles. The fourth-order valence-corrected chi connectivity index (χ4v) is 1.71. The second-order valence-electron chi connectivity index (χ2n) is 4.12. The van der Waals surface area contributed by atoms with E-state index < -0.39 is 4.92 Å². The summed E-state index contributed by atoms with van der Waals surface area (Å²) in [6, 6.07) is 9.31. The van der Waals surface area contributed by atoms with Crippen LogP contribution in [0, 0.1) is 10.1 Å². The van der Waals surface area contributed by atoms with Crippen LogP contribution >= 0.6 is 0 Å². The van der Waals surface area contributed by atoms with Gasteiger partial charge in [0.1, 0.15) is 17.2 Å². The Kier molecular flexibility index (Phi) is 3.56. The zero-order valence-corrected chi connectivity index (χ0v) is 10.2. The molecule has 0 fully saturated rings. The lowest BCUT2D eigenvalue weighted by Gasteiger charge is -2.02. The molecule has 3 N–H and O–H groups in total. The quantitative estimate of drug-likeness (QED) is 0.453. The Morgan fingerprint density at radius 3 is 2.00 bits per heavy atom. The predicted molar refractivity (Wildman–Crippen MR) is 72.7 cm³/mol. The van der Waals surface area contributed by atoms with Crippen LogP contribution in [-0.2, 0) is 0 Å². The van der Waals surface area contributed by atoms with Crippen LogP contribution in [0.3, 0.4) is 0 Å². The molecule has 20 heavy (non-hydrogen) atoms. The number of hydrogen-bond donors (Lipinski definition) is 3. The first kappa shape index (κ1) is 13.4. The summed E-state index contributed by atoms with van der Waals surface area (Å²) in [4.78, 5) is 10.5. The molecule has 0 aromatic heterocycles. The van der Waals surface area contributed by atoms with Gasteiger partial charge in [-0.2, -0.15) is 0 Å². The molecule has 0 aliphatic heterocycles. The van der Waals surface area contributed by atoms with Crippen LogP contribution in [0.25, 0.3) is 11.8 Å². The van der Waals surface area contributed by atoms with Crippen molar-refractivity contribution in [2.75, 3.05) is 0 Å². The largest absolute Gasteiger partial charge is 0.508 e. The van der Waals surface area contributed by atoms with Gasteiger partial charge in [0.05, 0.1) is 10.5 Å². The lowest BCUT2D eigenvalue weighted by atomic mass is 10.1. The third kappa shape index (κ3) is 3.05. The van der Waals surface area contributed by atoms with Crippen molar-refractivity contribution in [3.63, 3.8) is 0 Å². The standard InChI is InChI=1S/C14H11NO5/c16-11-3-1-9(2-4-11)5-14(15(19)20)10-6-12(17)8-13(18)7-10/h1-8,16-18H/b14-5+. The first-order valence-electron chi connectivity index (χ1n) is 5.64. The van der Waals surface area contributed by atoms with E-state index in [2.05, 4.69) is 0 Å². The Balaban J connectivity index is 2.50. The number of nitrogens with zero attached hydrogens (tertiary/aromatic N) is 1. The molecule has 6 heteroatoms. The van der Waals surface area contributed by atoms with E-state index in [9.17, 15) is 20.3 Å². The van der Waals surface area contributed by atoms with Crippen molar-refractivity contribution < 1.29 is 20.2 Å². The molecule has 2 aromatic rings. The van der Waals surface area contributed by atoms with Crippen LogP contribution in [0.2, 0.25) is 0 Å². The number of nitro groups is 1. The van der Waals surface area contributed by atoms with Crippen molar-refractivity contribution >= 4 is 11.8 Å². The minimum absolute atomic E-state index is 0.0554. The minimum Gasteiger partial charge on any atom is -0.508 e. The molecule has 0 aliphatic carbocycles. The van der Waals surface area contributed by atoms with Crippen molar-refractivity contribution in [2.24, 2.45) is 0 Å². The molecule has 6 nitrogen and oxygen atoms in total. The Labute approximate surface area is 114 Å². The topological polar surface area (TPSA) is 104 Å². The van der Waals surface area contributed by atoms with Crippen LogP contribution in [0.15, 0.2) is 42.5 Å². The van der Waals surface area contributed by atoms with Crippen LogP contribution in [0.4, 0.5) is 0 Å². The maximum Gasteiger partial charge on any atom is 0.277 e. The van der Waals surface area contributed by atoms with Crippen molar-refractivity contribution in [3.05, 3.63) is 63.7 Å². The fourth-order valence-electron chi connectivity index (χ4n) is 1.71. The van der Waals surface area contributed by atoms with Gasteiger partial charge in [0, 0.05) is 12.1 Å². The van der Waals surface area contributed by atoms with Crippen LogP contribution < -0.4 is 0 Å². The first-order chi connectivity index (χ1) is 9.45. The van der Waals surface area contributed by atoms with Gasteiger partial charge in [0.25, 0.3) is 5.70 Å². The predicted octanol–water partition coefficient (Wildman–Crippen LogP) is 2.58. The number of hydrogen-bond acceptors (Lipinski definition) is 5. The van der Waals surface area contributed by atoms with Gasteiger partial charge in [-0.25, -0.2) is 0 Å². The van der Waals surface area contributed by atoms with Crippen LogP contribution in [0.5, 0.6) is 17.2 Å². The van der Waals surface area contributed by atoms with E-state index in [0.717, 1.165) is 6.07 Å². The lowest BCUT2D eigenvalue weighted by Crippen LogP contribution is -1.97. The number of phenolic OH excluding ortho intramolecular Hbond substituents is 3. The van der Waals surface area contributed by atoms with Crippen molar-refractivity contribution in [3.8, 4) is 17.2 Å². The van der Waals surface area contributed by atoms with E-state index in [-0.39, 0.29) is 28.5 Å². The molecule has 0 bridgehead atoms. The molecule has 0 unspecified atom stereocenters. The number of rotatable bonds is 3. The molecule has 2 rings (SSSR count). The summed E-state index contributed by atoms with van der Waals surface area (Å²) in [6.07, 6.45) is 1.29. The summed E-state index contributed by atoms with van der Waals surface area (Å²) >= 11 is 0. The third-order valence-corrected chi connectivity index (χ3v) is 2.59. The number of phenols is 3. The third-order valence-electron chi connectivity index (χ3n) is 2.59. The molecule has 0 heterocycles. The Bertz CT molecular complexity index is 656. The van der Waals surface area contributed by atoms with Gasteiger partial charge in [0.15, 0.2) is 0 Å². The Morgan fingerprint density at radius 1 is 0.950 bits per heavy atom. The summed E-state index contributed by atoms with van der Waals surface area (Å²) in [5.74, 6) is -0.475. The monoisotopic (exact) mass is 273 g/mol. The molecule has 0 spiro atoms. The molecule has 0 radical (unpaired) electrons. The molecule has 102 valence electrons. The van der Waals surface area contributed by atoms with Gasteiger partial charge in [-0.05, 0) is 29.8 Å². The molecule has 0 amide bonds. The van der Waals surface area contributed by atoms with E-state index in [4.69, 9.17) is 5.11 Å². The molecule has 0 saturated heterocycles. The van der Waals surface area contributed by atoms with Crippen molar-refractivity contribution in [1.82, 2.24) is 0 Å². The van der Waals surface area contributed by atoms with Gasteiger partial charge in [0.2, 0.25) is 0 Å². The fraction of sp³-hybridized carbons (Fsp3) is 0. The van der Waals surface area contributed by atoms with E-state index in [0.29, 0.717) is 5.56 Å². The second-order valence-corrected chi connectivity index (χ2v) is 4.12. The van der Waals surface area contributed by atoms with Gasteiger partial charge in [-0.1, -0.05) is 12.1 Å². The second kappa shape index (κ2) is 5.31. The summed E-state index contributed by atoms with van der Waals surface area (Å²) in [5, 5.41) is 39.1. The lowest BCUT2D eigenvalue weighted by molar-refractivity contribution is -0.374. The normalized spacial score (nSPS) is 11.3. The number of aromatic hydroxyl groups is 3. The maximum atomic E-state index is 11.1. The summed E-state index contributed by atoms with van der Waals surface area (Å²) in [6.45, 7) is 0. The zero-order chi connectivity index (χ0) is 14.7. The highest BCUT2D eigenvalue weighted by Crippen LogP contribution is 2.27. The van der Waals surface area contributed by atoms with E-state index in [1.54, 1.807) is 0 Å². The highest BCUT2D eigenvalue weighted by Gasteiger charge is 2.16. The molecular formula is C14H11NO5. The van der Waals surface area contributed by atoms with Gasteiger partial charge in [-0.3, -0.25) is 10.1 Å². The first-order valence-corrected chi connectivity index (χ1v) is 5.64. The highest BCUT2D eigenvalue weighted by atomic mass is 16.6. The highest BCUT2D eigenvalue weighted by molar-refractivity contribution is 5.77. The molecule has 0 saturated carbocycles. The Hall–Kier alpha value is -3.02. The summed E-state index contributed by atoms with van der Waals surface area (Å²) in [7, 11) is 0. The van der Waals surface area contributed by atoms with Crippen LogP contribution in [0.1, 0.15) is 11.1 Å².